The predicted octanol–water partition coefficient (Wildman–Crippen LogP) is 3.17. The lowest BCUT2D eigenvalue weighted by Crippen LogP contribution is -2.16. The maximum absolute atomic E-state index is 12.4. The number of nitrogens with one attached hydrogen (secondary N) is 2. The molecular weight excluding hydrogens is 264 g/mol. The summed E-state index contributed by atoms with van der Waals surface area (Å²) in [6.45, 7) is 6.74. The van der Waals surface area contributed by atoms with Gasteiger partial charge in [-0.15, -0.1) is 0 Å². The Hall–Kier alpha value is -2.43. The lowest BCUT2D eigenvalue weighted by Gasteiger charge is -2.12. The Kier molecular flexibility index (Phi) is 4.87. The molecule has 0 fully saturated rings. The summed E-state index contributed by atoms with van der Waals surface area (Å²) < 4.78 is 0. The number of aromatic nitrogens is 2. The predicted molar refractivity (Wildman–Crippen MR) is 84.7 cm³/mol. The lowest BCUT2D eigenvalue weighted by atomic mass is 10.2. The van der Waals surface area contributed by atoms with E-state index in [1.54, 1.807) is 18.6 Å². The van der Waals surface area contributed by atoms with Crippen molar-refractivity contribution in [3.05, 3.63) is 47.5 Å². The number of aryl methyl sites for hydroxylation is 2. The molecule has 2 heterocycles. The first-order chi connectivity index (χ1) is 10.1. The van der Waals surface area contributed by atoms with E-state index < -0.39 is 0 Å². The van der Waals surface area contributed by atoms with Crippen LogP contribution in [0.15, 0.2) is 30.7 Å². The topological polar surface area (TPSA) is 66.9 Å². The molecule has 110 valence electrons. The minimum atomic E-state index is -0.187. The maximum Gasteiger partial charge on any atom is 0.259 e. The zero-order valence-electron chi connectivity index (χ0n) is 12.6. The summed E-state index contributed by atoms with van der Waals surface area (Å²) >= 11 is 0. The molecule has 2 rings (SSSR count). The summed E-state index contributed by atoms with van der Waals surface area (Å²) in [5.74, 6) is -0.187. The van der Waals surface area contributed by atoms with Gasteiger partial charge in [0.05, 0.1) is 23.1 Å². The Balaban J connectivity index is 2.22. The van der Waals surface area contributed by atoms with E-state index in [2.05, 4.69) is 27.5 Å². The lowest BCUT2D eigenvalue weighted by molar-refractivity contribution is 0.102. The van der Waals surface area contributed by atoms with Crippen LogP contribution in [0.2, 0.25) is 0 Å². The van der Waals surface area contributed by atoms with E-state index in [4.69, 9.17) is 0 Å². The summed E-state index contributed by atoms with van der Waals surface area (Å²) in [7, 11) is 0. The van der Waals surface area contributed by atoms with Crippen molar-refractivity contribution >= 4 is 17.3 Å². The van der Waals surface area contributed by atoms with E-state index in [1.807, 2.05) is 26.0 Å². The van der Waals surface area contributed by atoms with Gasteiger partial charge in [-0.2, -0.15) is 0 Å². The molecule has 0 unspecified atom stereocenters. The second kappa shape index (κ2) is 6.83. The number of carbonyl (C=O) groups excluding carboxylic acids is 1. The summed E-state index contributed by atoms with van der Waals surface area (Å²) in [5, 5.41) is 6.12. The van der Waals surface area contributed by atoms with Crippen LogP contribution < -0.4 is 10.6 Å². The molecule has 0 saturated heterocycles. The van der Waals surface area contributed by atoms with Crippen LogP contribution in [0.25, 0.3) is 0 Å². The number of hydrogen-bond donors (Lipinski definition) is 2. The number of nitrogens with zero attached hydrogens (tertiary/aromatic N) is 2. The van der Waals surface area contributed by atoms with E-state index >= 15 is 0 Å². The van der Waals surface area contributed by atoms with Crippen molar-refractivity contribution in [2.45, 2.75) is 27.2 Å². The van der Waals surface area contributed by atoms with Gasteiger partial charge in [0.2, 0.25) is 0 Å². The SMILES string of the molecule is CCCNc1cc(C)ncc1C(=O)Nc1cncc(C)c1. The molecule has 1 amide bonds. The van der Waals surface area contributed by atoms with Gasteiger partial charge in [0.15, 0.2) is 0 Å². The van der Waals surface area contributed by atoms with E-state index in [1.165, 1.54) is 0 Å². The molecule has 2 N–H and O–H groups in total. The average molecular weight is 284 g/mol. The first-order valence-corrected chi connectivity index (χ1v) is 7.03. The Bertz CT molecular complexity index is 640. The molecular formula is C16H20N4O. The standard InChI is InChI=1S/C16H20N4O/c1-4-5-18-15-7-12(3)19-10-14(15)16(21)20-13-6-11(2)8-17-9-13/h6-10H,4-5H2,1-3H3,(H,18,19)(H,20,21). The Morgan fingerprint density at radius 1 is 1.19 bits per heavy atom. The van der Waals surface area contributed by atoms with Gasteiger partial charge in [-0.1, -0.05) is 6.92 Å². The normalized spacial score (nSPS) is 10.2. The smallest absolute Gasteiger partial charge is 0.259 e. The van der Waals surface area contributed by atoms with Crippen molar-refractivity contribution in [3.8, 4) is 0 Å². The zero-order valence-corrected chi connectivity index (χ0v) is 12.6. The summed E-state index contributed by atoms with van der Waals surface area (Å²) in [6.07, 6.45) is 5.97. The second-order valence-corrected chi connectivity index (χ2v) is 5.00. The first-order valence-electron chi connectivity index (χ1n) is 7.03. The first kappa shape index (κ1) is 15.0. The minimum absolute atomic E-state index is 0.187. The number of carbonyl (C=O) groups is 1. The van der Waals surface area contributed by atoms with E-state index in [-0.39, 0.29) is 5.91 Å². The molecule has 2 aromatic rings. The molecule has 0 aliphatic carbocycles. The van der Waals surface area contributed by atoms with Crippen LogP contribution in [0, 0.1) is 13.8 Å². The number of anilines is 2. The maximum atomic E-state index is 12.4. The van der Waals surface area contributed by atoms with Gasteiger partial charge in [0.1, 0.15) is 0 Å². The van der Waals surface area contributed by atoms with Crippen molar-refractivity contribution < 1.29 is 4.79 Å². The summed E-state index contributed by atoms with van der Waals surface area (Å²) in [4.78, 5) is 20.7. The van der Waals surface area contributed by atoms with E-state index in [0.29, 0.717) is 11.3 Å². The van der Waals surface area contributed by atoms with Crippen LogP contribution in [0.3, 0.4) is 0 Å². The molecule has 0 bridgehead atoms. The van der Waals surface area contributed by atoms with Crippen LogP contribution in [0.4, 0.5) is 11.4 Å². The van der Waals surface area contributed by atoms with Crippen molar-refractivity contribution in [2.24, 2.45) is 0 Å². The highest BCUT2D eigenvalue weighted by Gasteiger charge is 2.12. The number of hydrogen-bond acceptors (Lipinski definition) is 4. The molecule has 0 spiro atoms. The van der Waals surface area contributed by atoms with Crippen LogP contribution >= 0.6 is 0 Å². The highest BCUT2D eigenvalue weighted by Crippen LogP contribution is 2.18. The third kappa shape index (κ3) is 4.02. The molecule has 0 radical (unpaired) electrons. The number of pyridine rings is 2. The zero-order chi connectivity index (χ0) is 15.2. The minimum Gasteiger partial charge on any atom is -0.384 e. The largest absolute Gasteiger partial charge is 0.384 e. The molecule has 0 aliphatic rings. The van der Waals surface area contributed by atoms with Crippen molar-refractivity contribution in [3.63, 3.8) is 0 Å². The van der Waals surface area contributed by atoms with E-state index in [9.17, 15) is 4.79 Å². The van der Waals surface area contributed by atoms with Gasteiger partial charge >= 0.3 is 0 Å². The Labute approximate surface area is 124 Å². The van der Waals surface area contributed by atoms with Crippen LogP contribution in [-0.4, -0.2) is 22.4 Å². The second-order valence-electron chi connectivity index (χ2n) is 5.00. The molecule has 2 aromatic heterocycles. The van der Waals surface area contributed by atoms with Crippen LogP contribution in [0.1, 0.15) is 35.0 Å². The molecule has 0 aliphatic heterocycles. The fourth-order valence-corrected chi connectivity index (χ4v) is 1.97. The third-order valence-electron chi connectivity index (χ3n) is 2.98. The summed E-state index contributed by atoms with van der Waals surface area (Å²) in [5.41, 5.74) is 3.90. The monoisotopic (exact) mass is 284 g/mol. The highest BCUT2D eigenvalue weighted by molar-refractivity contribution is 6.07. The van der Waals surface area contributed by atoms with Gasteiger partial charge in [-0.05, 0) is 38.0 Å². The van der Waals surface area contributed by atoms with Crippen molar-refractivity contribution in [2.75, 3.05) is 17.2 Å². The number of rotatable bonds is 5. The van der Waals surface area contributed by atoms with Crippen LogP contribution in [0.5, 0.6) is 0 Å². The van der Waals surface area contributed by atoms with Crippen molar-refractivity contribution in [1.82, 2.24) is 9.97 Å². The van der Waals surface area contributed by atoms with Gasteiger partial charge in [-0.3, -0.25) is 14.8 Å². The molecule has 21 heavy (non-hydrogen) atoms. The molecule has 0 saturated carbocycles. The molecule has 0 aromatic carbocycles. The summed E-state index contributed by atoms with van der Waals surface area (Å²) in [6, 6.07) is 3.77. The van der Waals surface area contributed by atoms with Gasteiger partial charge in [0, 0.05) is 24.6 Å². The average Bonchev–Trinajstić information content (AvgIpc) is 2.45. The van der Waals surface area contributed by atoms with Gasteiger partial charge in [0.25, 0.3) is 5.91 Å². The molecule has 5 nitrogen and oxygen atoms in total. The Morgan fingerprint density at radius 3 is 2.71 bits per heavy atom. The molecule has 0 atom stereocenters. The molecule has 5 heteroatoms. The van der Waals surface area contributed by atoms with Gasteiger partial charge in [-0.25, -0.2) is 0 Å². The quantitative estimate of drug-likeness (QED) is 0.885. The highest BCUT2D eigenvalue weighted by atomic mass is 16.1. The fourth-order valence-electron chi connectivity index (χ4n) is 1.97. The Morgan fingerprint density at radius 2 is 2.00 bits per heavy atom. The van der Waals surface area contributed by atoms with E-state index in [0.717, 1.165) is 29.9 Å². The fraction of sp³-hybridized carbons (Fsp3) is 0.312. The third-order valence-corrected chi connectivity index (χ3v) is 2.98. The van der Waals surface area contributed by atoms with Crippen molar-refractivity contribution in [1.29, 1.82) is 0 Å². The van der Waals surface area contributed by atoms with Gasteiger partial charge < -0.3 is 10.6 Å². The number of amides is 1. The van der Waals surface area contributed by atoms with Crippen LogP contribution in [-0.2, 0) is 0 Å².